The van der Waals surface area contributed by atoms with Crippen LogP contribution in [-0.4, -0.2) is 47.5 Å². The van der Waals surface area contributed by atoms with E-state index in [-0.39, 0.29) is 35.7 Å². The third kappa shape index (κ3) is 4.51. The summed E-state index contributed by atoms with van der Waals surface area (Å²) in [6.07, 6.45) is -2.64. The summed E-state index contributed by atoms with van der Waals surface area (Å²) < 4.78 is 69.6. The van der Waals surface area contributed by atoms with E-state index in [9.17, 15) is 31.5 Å². The molecule has 1 amide bonds. The minimum absolute atomic E-state index is 0.00516. The van der Waals surface area contributed by atoms with Gasteiger partial charge in [-0.3, -0.25) is 9.59 Å². The van der Waals surface area contributed by atoms with Crippen LogP contribution in [0.2, 0.25) is 0 Å². The van der Waals surface area contributed by atoms with Crippen LogP contribution in [0.25, 0.3) is 0 Å². The second kappa shape index (κ2) is 9.41. The summed E-state index contributed by atoms with van der Waals surface area (Å²) in [5, 5.41) is 5.90. The van der Waals surface area contributed by atoms with Crippen molar-refractivity contribution in [1.29, 1.82) is 0 Å². The lowest BCUT2D eigenvalue weighted by Crippen LogP contribution is -2.40. The molecule has 2 bridgehead atoms. The van der Waals surface area contributed by atoms with Gasteiger partial charge in [-0.1, -0.05) is 18.2 Å². The molecule has 0 spiro atoms. The first-order valence-corrected chi connectivity index (χ1v) is 12.4. The van der Waals surface area contributed by atoms with Gasteiger partial charge in [0.1, 0.15) is 11.4 Å². The second-order valence-corrected chi connectivity index (χ2v) is 10.5. The molecule has 2 N–H and O–H groups in total. The van der Waals surface area contributed by atoms with Crippen molar-refractivity contribution in [2.24, 2.45) is 5.92 Å². The molecule has 6 nitrogen and oxygen atoms in total. The zero-order valence-corrected chi connectivity index (χ0v) is 20.5. The summed E-state index contributed by atoms with van der Waals surface area (Å²) in [6, 6.07) is 4.12. The average molecular weight is 525 g/mol. The number of nitrogens with zero attached hydrogens (tertiary/aromatic N) is 2. The first-order chi connectivity index (χ1) is 17.5. The quantitative estimate of drug-likeness (QED) is 0.493. The van der Waals surface area contributed by atoms with Crippen molar-refractivity contribution in [3.05, 3.63) is 63.3 Å². The van der Waals surface area contributed by atoms with Gasteiger partial charge >= 0.3 is 0 Å². The van der Waals surface area contributed by atoms with Crippen LogP contribution in [0.1, 0.15) is 66.6 Å². The van der Waals surface area contributed by atoms with E-state index >= 15 is 0 Å². The number of aromatic nitrogens is 1. The molecule has 2 aliphatic carbocycles. The van der Waals surface area contributed by atoms with Crippen LogP contribution in [0.15, 0.2) is 35.3 Å². The molecule has 3 aliphatic rings. The number of amides is 1. The van der Waals surface area contributed by atoms with E-state index in [4.69, 9.17) is 0 Å². The van der Waals surface area contributed by atoms with Crippen molar-refractivity contribution >= 4 is 11.6 Å². The maximum absolute atomic E-state index is 14.7. The standard InChI is InChI=1S/C26H29F5N4O2/c1-13(16-4-3-5-17(22(16)27)23(28)29)32-24(37)18-12-35(26(6-7-26)25(30)31)21(36)10-20(18)33-19-9-15-8-14(19)11-34(15)2/h3-5,10,12-15,19,23,25,33H,6-9,11H2,1-2H3,(H,32,37)/t13-,14+,15+,19?/m1/s1. The smallest absolute Gasteiger partial charge is 0.266 e. The number of piperidine rings is 1. The van der Waals surface area contributed by atoms with E-state index in [0.29, 0.717) is 12.0 Å². The van der Waals surface area contributed by atoms with Gasteiger partial charge in [0.25, 0.3) is 24.3 Å². The van der Waals surface area contributed by atoms with Crippen molar-refractivity contribution < 1.29 is 26.7 Å². The number of hydrogen-bond donors (Lipinski definition) is 2. The first kappa shape index (κ1) is 25.7. The molecule has 1 saturated heterocycles. The maximum Gasteiger partial charge on any atom is 0.266 e. The third-order valence-electron chi connectivity index (χ3n) is 8.21. The van der Waals surface area contributed by atoms with Gasteiger partial charge in [0.2, 0.25) is 0 Å². The summed E-state index contributed by atoms with van der Waals surface area (Å²) >= 11 is 0. The molecule has 1 unspecified atom stereocenters. The number of hydrogen-bond acceptors (Lipinski definition) is 4. The van der Waals surface area contributed by atoms with Gasteiger partial charge in [0, 0.05) is 36.5 Å². The molecule has 2 saturated carbocycles. The van der Waals surface area contributed by atoms with Crippen LogP contribution in [0.5, 0.6) is 0 Å². The molecule has 200 valence electrons. The molecular formula is C26H29F5N4O2. The Kier molecular flexibility index (Phi) is 6.54. The Hall–Kier alpha value is -2.95. The van der Waals surface area contributed by atoms with Gasteiger partial charge in [0.15, 0.2) is 0 Å². The SMILES string of the molecule is C[C@@H](NC(=O)c1cn(C2(C(F)F)CC2)c(=O)cc1NC1C[C@@H]2C[C@H]1CN2C)c1cccc(C(F)F)c1F. The van der Waals surface area contributed by atoms with Crippen molar-refractivity contribution in [3.63, 3.8) is 0 Å². The number of fused-ring (bicyclic) bond motifs is 2. The monoisotopic (exact) mass is 524 g/mol. The molecule has 2 heterocycles. The number of anilines is 1. The summed E-state index contributed by atoms with van der Waals surface area (Å²) in [5.74, 6) is -1.53. The number of carbonyl (C=O) groups is 1. The summed E-state index contributed by atoms with van der Waals surface area (Å²) in [5.41, 5.74) is -3.00. The van der Waals surface area contributed by atoms with E-state index in [1.807, 2.05) is 7.05 Å². The number of likely N-dealkylation sites (tertiary alicyclic amines) is 1. The van der Waals surface area contributed by atoms with E-state index in [1.54, 1.807) is 0 Å². The number of rotatable bonds is 8. The van der Waals surface area contributed by atoms with E-state index in [0.717, 1.165) is 36.2 Å². The Morgan fingerprint density at radius 2 is 1.84 bits per heavy atom. The molecule has 37 heavy (non-hydrogen) atoms. The first-order valence-electron chi connectivity index (χ1n) is 12.4. The van der Waals surface area contributed by atoms with Crippen molar-refractivity contribution in [3.8, 4) is 0 Å². The van der Waals surface area contributed by atoms with Crippen molar-refractivity contribution in [1.82, 2.24) is 14.8 Å². The Balaban J connectivity index is 1.47. The summed E-state index contributed by atoms with van der Waals surface area (Å²) in [4.78, 5) is 28.6. The normalized spacial score (nSPS) is 25.1. The molecule has 5 rings (SSSR count). The molecule has 0 radical (unpaired) electrons. The number of carbonyl (C=O) groups excluding carboxylic acids is 1. The van der Waals surface area contributed by atoms with Crippen LogP contribution in [0, 0.1) is 11.7 Å². The van der Waals surface area contributed by atoms with Crippen LogP contribution in [0.4, 0.5) is 27.6 Å². The molecule has 1 aliphatic heterocycles. The van der Waals surface area contributed by atoms with Crippen molar-refractivity contribution in [2.45, 2.75) is 69.1 Å². The molecule has 4 atom stereocenters. The third-order valence-corrected chi connectivity index (χ3v) is 8.21. The zero-order valence-electron chi connectivity index (χ0n) is 20.5. The minimum atomic E-state index is -3.02. The van der Waals surface area contributed by atoms with Crippen LogP contribution < -0.4 is 16.2 Å². The Morgan fingerprint density at radius 1 is 1.14 bits per heavy atom. The van der Waals surface area contributed by atoms with Gasteiger partial charge in [-0.25, -0.2) is 22.0 Å². The van der Waals surface area contributed by atoms with Gasteiger partial charge in [-0.2, -0.15) is 0 Å². The summed E-state index contributed by atoms with van der Waals surface area (Å²) in [7, 11) is 2.05. The topological polar surface area (TPSA) is 66.4 Å². The van der Waals surface area contributed by atoms with E-state index < -0.39 is 47.3 Å². The Bertz CT molecular complexity index is 1260. The predicted molar refractivity (Wildman–Crippen MR) is 128 cm³/mol. The molecule has 1 aromatic heterocycles. The highest BCUT2D eigenvalue weighted by Crippen LogP contribution is 2.48. The number of benzene rings is 1. The van der Waals surface area contributed by atoms with E-state index in [2.05, 4.69) is 15.5 Å². The molecule has 11 heteroatoms. The fourth-order valence-electron chi connectivity index (χ4n) is 5.85. The average Bonchev–Trinajstić information content (AvgIpc) is 3.44. The van der Waals surface area contributed by atoms with Crippen LogP contribution in [-0.2, 0) is 5.54 Å². The second-order valence-electron chi connectivity index (χ2n) is 10.5. The highest BCUT2D eigenvalue weighted by Gasteiger charge is 2.54. The molecular weight excluding hydrogens is 495 g/mol. The van der Waals surface area contributed by atoms with Crippen LogP contribution >= 0.6 is 0 Å². The summed E-state index contributed by atoms with van der Waals surface area (Å²) in [6.45, 7) is 2.31. The number of alkyl halides is 4. The largest absolute Gasteiger partial charge is 0.381 e. The highest BCUT2D eigenvalue weighted by atomic mass is 19.3. The zero-order chi connectivity index (χ0) is 26.6. The lowest BCUT2D eigenvalue weighted by molar-refractivity contribution is 0.0648. The van der Waals surface area contributed by atoms with E-state index in [1.165, 1.54) is 25.1 Å². The number of pyridine rings is 1. The van der Waals surface area contributed by atoms with Gasteiger partial charge < -0.3 is 20.1 Å². The van der Waals surface area contributed by atoms with Crippen molar-refractivity contribution in [2.75, 3.05) is 18.9 Å². The molecule has 3 fully saturated rings. The number of nitrogens with one attached hydrogen (secondary N) is 2. The molecule has 2 aromatic rings. The Morgan fingerprint density at radius 3 is 2.41 bits per heavy atom. The maximum atomic E-state index is 14.7. The minimum Gasteiger partial charge on any atom is -0.381 e. The number of halogens is 5. The highest BCUT2D eigenvalue weighted by molar-refractivity contribution is 5.99. The molecule has 1 aromatic carbocycles. The lowest BCUT2D eigenvalue weighted by atomic mass is 10.0. The van der Waals surface area contributed by atoms with Gasteiger partial charge in [-0.05, 0) is 45.6 Å². The fourth-order valence-corrected chi connectivity index (χ4v) is 5.85. The lowest BCUT2D eigenvalue weighted by Gasteiger charge is -2.30. The Labute approximate surface area is 210 Å². The predicted octanol–water partition coefficient (Wildman–Crippen LogP) is 4.67. The van der Waals surface area contributed by atoms with Gasteiger partial charge in [0.05, 0.1) is 22.9 Å². The van der Waals surface area contributed by atoms with Crippen LogP contribution in [0.3, 0.4) is 0 Å². The van der Waals surface area contributed by atoms with Gasteiger partial charge in [-0.15, -0.1) is 0 Å². The fraction of sp³-hybridized carbons (Fsp3) is 0.538.